The maximum atomic E-state index is 11.2. The molecule has 0 aromatic heterocycles. The molecule has 0 aliphatic rings. The van der Waals surface area contributed by atoms with Crippen LogP contribution in [0.2, 0.25) is 0 Å². The fourth-order valence-electron chi connectivity index (χ4n) is 7.17. The number of nitrogens with two attached hydrogens (primary N) is 1. The summed E-state index contributed by atoms with van der Waals surface area (Å²) < 4.78 is 60.2. The molecule has 0 atom stereocenters. The number of aldehydes is 3. The van der Waals surface area contributed by atoms with Crippen molar-refractivity contribution in [3.63, 3.8) is 0 Å². The molecule has 5 rings (SSSR count). The summed E-state index contributed by atoms with van der Waals surface area (Å²) in [6.45, 7) is 0.0177. The Morgan fingerprint density at radius 3 is 1.15 bits per heavy atom. The average Bonchev–Trinajstić information content (AvgIpc) is 0.873. The number of phenolic OH excluding ortho intramolecular Hbond substituents is 1. The van der Waals surface area contributed by atoms with E-state index in [1.807, 2.05) is 0 Å². The van der Waals surface area contributed by atoms with E-state index in [2.05, 4.69) is 27.2 Å². The molecule has 0 saturated carbocycles. The number of carbonyl (C=O) groups is 7. The quantitative estimate of drug-likeness (QED) is 0.00377. The summed E-state index contributed by atoms with van der Waals surface area (Å²) >= 11 is 0. The molecule has 1 amide bonds. The molecule has 5 aromatic rings. The first-order chi connectivity index (χ1) is 45.6. The molecule has 0 fully saturated rings. The molecule has 517 valence electrons. The van der Waals surface area contributed by atoms with Gasteiger partial charge in [0.25, 0.3) is 17.1 Å². The van der Waals surface area contributed by atoms with Gasteiger partial charge < -0.3 is 83.2 Å². The maximum absolute atomic E-state index is 11.2. The van der Waals surface area contributed by atoms with Gasteiger partial charge in [0, 0.05) is 42.9 Å². The van der Waals surface area contributed by atoms with E-state index in [9.17, 15) is 63.9 Å². The zero-order valence-electron chi connectivity index (χ0n) is 53.3. The summed E-state index contributed by atoms with van der Waals surface area (Å²) in [6.07, 6.45) is 4.50. The molecule has 1 radical (unpaired) electrons. The molecular formula is C60H76BN6O28. The molecule has 35 heteroatoms. The molecule has 0 heterocycles. The first-order valence-corrected chi connectivity index (χ1v) is 27.7. The second kappa shape index (κ2) is 48.7. The van der Waals surface area contributed by atoms with Crippen LogP contribution in [-0.4, -0.2) is 170 Å². The average molecular weight is 1340 g/mol. The number of hydrogen-bond acceptors (Lipinski definition) is 30. The Hall–Kier alpha value is -11.1. The number of nitro benzene ring substituents is 3. The monoisotopic (exact) mass is 1340 g/mol. The molecule has 0 bridgehead atoms. The third-order valence-electron chi connectivity index (χ3n) is 11.9. The number of nitro groups is 3. The summed E-state index contributed by atoms with van der Waals surface area (Å²) in [5.74, 6) is 1.50. The molecule has 0 aliphatic carbocycles. The molecule has 0 spiro atoms. The molecule has 0 saturated heterocycles. The van der Waals surface area contributed by atoms with Crippen molar-refractivity contribution in [2.75, 3.05) is 90.0 Å². The first kappa shape index (κ1) is 83.9. The number of nitrogens with zero attached hydrogens (tertiary/aromatic N) is 3. The fourth-order valence-corrected chi connectivity index (χ4v) is 7.17. The minimum absolute atomic E-state index is 0.0399. The number of aromatic hydroxyl groups is 1. The fraction of sp³-hybridized carbons (Fsp3) is 0.383. The van der Waals surface area contributed by atoms with E-state index >= 15 is 0 Å². The standard InChI is InChI=1S/C13H19N3O6.C13H17NO7.C13H15NO7.C13H16O5.C8H8O3.BHN/c1-21-11-5-9(7-17)10(16(19)20)6-12(11)22-4-2-3-13(18)15-8-14;2*1-19-11-6-9(8-15)10(14(17)18)7-12(11)21-5-3-4-13(16)20-2;1-16-12-8-10(9-14)5-6-11(12)18-7-3-4-13(15)17-2;1-11-8-4-6(5-9)2-3-7(8)10;1-2/h5-6,17H,2-4,7-8,14H2,1H3,(H,15,18);6-7,15H,3-5,8H2,1-2H3;6-8H,3-5H2,1-2H3;5-6,8-9H,3-4,7H2,1-2H3;2-5,10H,1H3;2H. The van der Waals surface area contributed by atoms with Crippen molar-refractivity contribution in [2.45, 2.75) is 64.6 Å². The number of rotatable bonds is 34. The minimum atomic E-state index is -0.676. The predicted molar refractivity (Wildman–Crippen MR) is 335 cm³/mol. The predicted octanol–water partition coefficient (Wildman–Crippen LogP) is 6.43. The van der Waals surface area contributed by atoms with Crippen LogP contribution in [0, 0.1) is 35.7 Å². The topological polar surface area (TPSA) is 482 Å². The van der Waals surface area contributed by atoms with Crippen LogP contribution < -0.4 is 53.7 Å². The van der Waals surface area contributed by atoms with Crippen LogP contribution in [0.3, 0.4) is 0 Å². The van der Waals surface area contributed by atoms with Gasteiger partial charge in [-0.25, -0.2) is 0 Å². The number of aliphatic hydroxyl groups is 2. The Kier molecular flexibility index (Phi) is 43.0. The van der Waals surface area contributed by atoms with Gasteiger partial charge in [-0.15, -0.1) is 0 Å². The van der Waals surface area contributed by atoms with Gasteiger partial charge in [0.15, 0.2) is 63.8 Å². The van der Waals surface area contributed by atoms with Gasteiger partial charge in [0.05, 0.1) is 153 Å². The van der Waals surface area contributed by atoms with Crippen molar-refractivity contribution in [1.82, 2.24) is 5.32 Å². The van der Waals surface area contributed by atoms with Gasteiger partial charge in [-0.3, -0.25) is 63.9 Å². The number of esters is 3. The van der Waals surface area contributed by atoms with Gasteiger partial charge in [0.1, 0.15) is 12.6 Å². The molecule has 0 unspecified atom stereocenters. The van der Waals surface area contributed by atoms with Gasteiger partial charge >= 0.3 is 30.9 Å². The molecule has 95 heavy (non-hydrogen) atoms. The van der Waals surface area contributed by atoms with Crippen molar-refractivity contribution in [1.29, 1.82) is 5.31 Å². The number of methoxy groups -OCH3 is 8. The van der Waals surface area contributed by atoms with Gasteiger partial charge in [-0.2, -0.15) is 0 Å². The second-order valence-corrected chi connectivity index (χ2v) is 17.9. The van der Waals surface area contributed by atoms with Crippen LogP contribution in [-0.2, 0) is 46.6 Å². The summed E-state index contributed by atoms with van der Waals surface area (Å²) in [5.41, 5.74) is 5.49. The van der Waals surface area contributed by atoms with Crippen molar-refractivity contribution >= 4 is 67.4 Å². The van der Waals surface area contributed by atoms with Crippen LogP contribution in [0.15, 0.2) is 72.8 Å². The van der Waals surface area contributed by atoms with Crippen molar-refractivity contribution < 1.29 is 120 Å². The van der Waals surface area contributed by atoms with E-state index in [1.165, 1.54) is 105 Å². The zero-order valence-corrected chi connectivity index (χ0v) is 53.3. The second-order valence-electron chi connectivity index (χ2n) is 17.9. The van der Waals surface area contributed by atoms with Crippen molar-refractivity contribution in [3.8, 4) is 57.5 Å². The molecule has 7 N–H and O–H groups in total. The van der Waals surface area contributed by atoms with Crippen LogP contribution in [0.4, 0.5) is 17.1 Å². The summed E-state index contributed by atoms with van der Waals surface area (Å²) in [4.78, 5) is 107. The Bertz CT molecular complexity index is 3280. The Labute approximate surface area is 545 Å². The van der Waals surface area contributed by atoms with Crippen LogP contribution in [0.5, 0.6) is 57.5 Å². The molecule has 34 nitrogen and oxygen atoms in total. The molecular weight excluding hydrogens is 1260 g/mol. The summed E-state index contributed by atoms with van der Waals surface area (Å²) in [7, 11) is 14.8. The number of amides is 1. The normalized spacial score (nSPS) is 9.66. The third-order valence-corrected chi connectivity index (χ3v) is 11.9. The number of carbonyl (C=O) groups excluding carboxylic acids is 7. The number of aliphatic hydroxyl groups excluding tert-OH is 2. The van der Waals surface area contributed by atoms with Crippen LogP contribution in [0.25, 0.3) is 0 Å². The number of hydrogen-bond donors (Lipinski definition) is 6. The number of phenols is 1. The van der Waals surface area contributed by atoms with E-state index in [0.717, 1.165) is 12.4 Å². The Balaban J connectivity index is 0.00000117. The van der Waals surface area contributed by atoms with Gasteiger partial charge in [-0.05, 0) is 74.2 Å². The van der Waals surface area contributed by atoms with E-state index in [0.29, 0.717) is 79.7 Å². The third kappa shape index (κ3) is 31.2. The number of nitrogens with one attached hydrogen (secondary N) is 2. The van der Waals surface area contributed by atoms with Gasteiger partial charge in [-0.1, -0.05) is 0 Å². The van der Waals surface area contributed by atoms with E-state index in [4.69, 9.17) is 69.0 Å². The first-order valence-electron chi connectivity index (χ1n) is 27.7. The number of benzene rings is 5. The molecule has 5 aromatic carbocycles. The van der Waals surface area contributed by atoms with Crippen molar-refractivity contribution in [3.05, 3.63) is 131 Å². The van der Waals surface area contributed by atoms with Crippen LogP contribution in [0.1, 0.15) is 93.6 Å². The summed E-state index contributed by atoms with van der Waals surface area (Å²) in [6, 6.07) is 16.8. The van der Waals surface area contributed by atoms with E-state index in [-0.39, 0.29) is 144 Å². The SMILES string of the molecule is COC(=O)CCCOc1cc([N+](=O)[O-])c(C=O)cc1OC.COC(=O)CCCOc1cc([N+](=O)[O-])c(CO)cc1OC.COC(=O)CCCOc1ccc(C=O)cc1OC.COc1cc(C=O)ccc1O.COc1cc(CO)c([N+](=O)[O-])cc1OCCCC(=O)NCN.[B]=N. The van der Waals surface area contributed by atoms with E-state index < -0.39 is 28.0 Å². The Morgan fingerprint density at radius 1 is 0.474 bits per heavy atom. The Morgan fingerprint density at radius 2 is 0.811 bits per heavy atom. The van der Waals surface area contributed by atoms with Gasteiger partial charge in [0.2, 0.25) is 5.91 Å². The summed E-state index contributed by atoms with van der Waals surface area (Å²) in [5, 5.41) is 67.8. The van der Waals surface area contributed by atoms with E-state index in [1.54, 1.807) is 18.2 Å². The molecule has 0 aliphatic heterocycles. The zero-order chi connectivity index (χ0) is 71.8. The van der Waals surface area contributed by atoms with Crippen molar-refractivity contribution in [2.24, 2.45) is 5.73 Å². The van der Waals surface area contributed by atoms with Crippen LogP contribution >= 0.6 is 0 Å². The number of ether oxygens (including phenoxy) is 12.